The third-order valence-electron chi connectivity index (χ3n) is 1.54. The molecule has 15 heavy (non-hydrogen) atoms. The van der Waals surface area contributed by atoms with E-state index in [0.717, 1.165) is 0 Å². The van der Waals surface area contributed by atoms with Crippen molar-refractivity contribution in [3.05, 3.63) is 49.1 Å². The van der Waals surface area contributed by atoms with E-state index in [9.17, 15) is 0 Å². The van der Waals surface area contributed by atoms with E-state index >= 15 is 0 Å². The molecule has 0 aliphatic rings. The van der Waals surface area contributed by atoms with Gasteiger partial charge in [0.2, 0.25) is 0 Å². The Morgan fingerprint density at radius 3 is 1.40 bits per heavy atom. The van der Waals surface area contributed by atoms with E-state index in [1.54, 1.807) is 36.5 Å². The highest BCUT2D eigenvalue weighted by atomic mass is 32.2. The molecule has 2 heterocycles. The van der Waals surface area contributed by atoms with Crippen LogP contribution in [0.5, 0.6) is 0 Å². The molecule has 3 heteroatoms. The normalized spacial score (nSPS) is 8.93. The van der Waals surface area contributed by atoms with Crippen molar-refractivity contribution in [2.24, 2.45) is 0 Å². The van der Waals surface area contributed by atoms with Crippen LogP contribution in [0.3, 0.4) is 0 Å². The molecule has 0 atom stereocenters. The number of nitrogens with zero attached hydrogens (tertiary/aromatic N) is 2. The second-order valence-electron chi connectivity index (χ2n) is 2.47. The summed E-state index contributed by atoms with van der Waals surface area (Å²) in [6.45, 7) is 4.00. The third kappa shape index (κ3) is 4.13. The van der Waals surface area contributed by atoms with Gasteiger partial charge in [-0.15, -0.1) is 0 Å². The predicted molar refractivity (Wildman–Crippen MR) is 63.9 cm³/mol. The van der Waals surface area contributed by atoms with Gasteiger partial charge in [0.05, 0.1) is 0 Å². The molecule has 0 radical (unpaired) electrons. The Morgan fingerprint density at radius 1 is 0.733 bits per heavy atom. The summed E-state index contributed by atoms with van der Waals surface area (Å²) in [5, 5.41) is 0. The van der Waals surface area contributed by atoms with Crippen LogP contribution in [0.2, 0.25) is 0 Å². The molecule has 0 amide bonds. The van der Waals surface area contributed by atoms with Crippen LogP contribution >= 0.6 is 11.8 Å². The number of pyridine rings is 2. The smallest absolute Gasteiger partial charge is 0.0279 e. The molecule has 0 saturated heterocycles. The van der Waals surface area contributed by atoms with Crippen molar-refractivity contribution in [1.82, 2.24) is 9.97 Å². The largest absolute Gasteiger partial charge is 0.265 e. The fourth-order valence-corrected chi connectivity index (χ4v) is 1.74. The predicted octanol–water partition coefficient (Wildman–Crippen LogP) is 3.65. The average Bonchev–Trinajstić information content (AvgIpc) is 2.34. The first kappa shape index (κ1) is 11.7. The van der Waals surface area contributed by atoms with E-state index in [0.29, 0.717) is 0 Å². The Morgan fingerprint density at radius 2 is 1.07 bits per heavy atom. The standard InChI is InChI=1S/C10H8N2S.C2H6/c1-5-11-6-2-9(1)13-10-3-7-12-8-4-10;1-2/h1-8H;1-2H3. The van der Waals surface area contributed by atoms with Crippen LogP contribution in [0.1, 0.15) is 13.8 Å². The molecular weight excluding hydrogens is 204 g/mol. The number of aromatic nitrogens is 2. The minimum atomic E-state index is 1.20. The Hall–Kier alpha value is -1.35. The second kappa shape index (κ2) is 7.01. The molecule has 2 aromatic rings. The Balaban J connectivity index is 0.000000531. The van der Waals surface area contributed by atoms with E-state index in [4.69, 9.17) is 0 Å². The van der Waals surface area contributed by atoms with Crippen LogP contribution in [0.15, 0.2) is 58.8 Å². The van der Waals surface area contributed by atoms with Gasteiger partial charge in [-0.1, -0.05) is 25.6 Å². The van der Waals surface area contributed by atoms with Gasteiger partial charge in [-0.3, -0.25) is 9.97 Å². The van der Waals surface area contributed by atoms with Gasteiger partial charge in [0.1, 0.15) is 0 Å². The maximum Gasteiger partial charge on any atom is 0.0279 e. The zero-order valence-electron chi connectivity index (χ0n) is 8.92. The summed E-state index contributed by atoms with van der Waals surface area (Å²) in [5.41, 5.74) is 0. The van der Waals surface area contributed by atoms with E-state index in [1.165, 1.54) is 9.79 Å². The van der Waals surface area contributed by atoms with Crippen LogP contribution in [-0.4, -0.2) is 9.97 Å². The minimum absolute atomic E-state index is 1.20. The molecule has 0 bridgehead atoms. The van der Waals surface area contributed by atoms with Crippen LogP contribution in [0.25, 0.3) is 0 Å². The third-order valence-corrected chi connectivity index (χ3v) is 2.55. The SMILES string of the molecule is CC.c1cc(Sc2ccncc2)ccn1. The monoisotopic (exact) mass is 218 g/mol. The van der Waals surface area contributed by atoms with Crippen molar-refractivity contribution in [1.29, 1.82) is 0 Å². The molecule has 0 saturated carbocycles. The molecule has 2 nitrogen and oxygen atoms in total. The summed E-state index contributed by atoms with van der Waals surface area (Å²) in [7, 11) is 0. The van der Waals surface area contributed by atoms with Gasteiger partial charge >= 0.3 is 0 Å². The molecule has 2 aromatic heterocycles. The van der Waals surface area contributed by atoms with E-state index < -0.39 is 0 Å². The molecule has 0 aliphatic heterocycles. The first-order chi connectivity index (χ1) is 7.45. The lowest BCUT2D eigenvalue weighted by Gasteiger charge is -1.98. The Kier molecular flexibility index (Phi) is 5.48. The highest BCUT2D eigenvalue weighted by molar-refractivity contribution is 7.99. The summed E-state index contributed by atoms with van der Waals surface area (Å²) >= 11 is 1.71. The van der Waals surface area contributed by atoms with Crippen molar-refractivity contribution >= 4 is 11.8 Å². The zero-order valence-corrected chi connectivity index (χ0v) is 9.74. The van der Waals surface area contributed by atoms with Crippen LogP contribution in [0, 0.1) is 0 Å². The van der Waals surface area contributed by atoms with Crippen molar-refractivity contribution in [3.63, 3.8) is 0 Å². The van der Waals surface area contributed by atoms with Gasteiger partial charge in [0.25, 0.3) is 0 Å². The summed E-state index contributed by atoms with van der Waals surface area (Å²) in [6.07, 6.45) is 7.18. The molecule has 2 rings (SSSR count). The molecule has 0 aliphatic carbocycles. The van der Waals surface area contributed by atoms with Gasteiger partial charge in [0.15, 0.2) is 0 Å². The fraction of sp³-hybridized carbons (Fsp3) is 0.167. The highest BCUT2D eigenvalue weighted by Crippen LogP contribution is 2.25. The fourth-order valence-electron chi connectivity index (χ4n) is 0.949. The van der Waals surface area contributed by atoms with Crippen molar-refractivity contribution in [2.75, 3.05) is 0 Å². The average molecular weight is 218 g/mol. The van der Waals surface area contributed by atoms with Gasteiger partial charge in [0, 0.05) is 34.6 Å². The van der Waals surface area contributed by atoms with Crippen molar-refractivity contribution in [3.8, 4) is 0 Å². The van der Waals surface area contributed by atoms with Crippen LogP contribution in [-0.2, 0) is 0 Å². The van der Waals surface area contributed by atoms with E-state index in [2.05, 4.69) is 9.97 Å². The molecule has 0 N–H and O–H groups in total. The number of hydrogen-bond acceptors (Lipinski definition) is 3. The van der Waals surface area contributed by atoms with Crippen molar-refractivity contribution < 1.29 is 0 Å². The topological polar surface area (TPSA) is 25.8 Å². The summed E-state index contributed by atoms with van der Waals surface area (Å²) < 4.78 is 0. The summed E-state index contributed by atoms with van der Waals surface area (Å²) in [4.78, 5) is 10.3. The maximum absolute atomic E-state index is 3.96. The molecular formula is C12H14N2S. The van der Waals surface area contributed by atoms with Crippen LogP contribution < -0.4 is 0 Å². The first-order valence-corrected chi connectivity index (χ1v) is 5.75. The molecule has 0 unspecified atom stereocenters. The molecule has 0 spiro atoms. The lowest BCUT2D eigenvalue weighted by molar-refractivity contribution is 1.24. The number of rotatable bonds is 2. The molecule has 0 fully saturated rings. The Labute approximate surface area is 94.8 Å². The molecule has 0 aromatic carbocycles. The number of hydrogen-bond donors (Lipinski definition) is 0. The van der Waals surface area contributed by atoms with Crippen molar-refractivity contribution in [2.45, 2.75) is 23.6 Å². The van der Waals surface area contributed by atoms with Gasteiger partial charge in [-0.2, -0.15) is 0 Å². The van der Waals surface area contributed by atoms with E-state index in [-0.39, 0.29) is 0 Å². The quantitative estimate of drug-likeness (QED) is 0.769. The van der Waals surface area contributed by atoms with Gasteiger partial charge < -0.3 is 0 Å². The zero-order chi connectivity index (χ0) is 10.9. The van der Waals surface area contributed by atoms with Crippen LogP contribution in [0.4, 0.5) is 0 Å². The van der Waals surface area contributed by atoms with Gasteiger partial charge in [-0.05, 0) is 24.3 Å². The minimum Gasteiger partial charge on any atom is -0.265 e. The maximum atomic E-state index is 3.96. The lowest BCUT2D eigenvalue weighted by atomic mass is 10.5. The Bertz CT molecular complexity index is 324. The van der Waals surface area contributed by atoms with E-state index in [1.807, 2.05) is 38.1 Å². The second-order valence-corrected chi connectivity index (χ2v) is 3.61. The summed E-state index contributed by atoms with van der Waals surface area (Å²) in [6, 6.07) is 7.96. The lowest BCUT2D eigenvalue weighted by Crippen LogP contribution is -1.74. The summed E-state index contributed by atoms with van der Waals surface area (Å²) in [5.74, 6) is 0. The first-order valence-electron chi connectivity index (χ1n) is 4.93. The highest BCUT2D eigenvalue weighted by Gasteiger charge is 1.94. The molecule has 78 valence electrons. The van der Waals surface area contributed by atoms with Gasteiger partial charge in [-0.25, -0.2) is 0 Å².